The highest BCUT2D eigenvalue weighted by Gasteiger charge is 2.40. The third kappa shape index (κ3) is 5.10. The largest absolute Gasteiger partial charge is 0.434 e. The van der Waals surface area contributed by atoms with Gasteiger partial charge in [-0.3, -0.25) is 4.79 Å². The van der Waals surface area contributed by atoms with Gasteiger partial charge in [-0.2, -0.15) is 5.48 Å². The van der Waals surface area contributed by atoms with E-state index in [1.165, 1.54) is 4.90 Å². The van der Waals surface area contributed by atoms with Crippen molar-refractivity contribution in [3.8, 4) is 0 Å². The zero-order valence-electron chi connectivity index (χ0n) is 16.2. The van der Waals surface area contributed by atoms with Crippen LogP contribution in [-0.2, 0) is 22.6 Å². The Labute approximate surface area is 165 Å². The number of hydrogen-bond acceptors (Lipinski definition) is 4. The van der Waals surface area contributed by atoms with Crippen LogP contribution in [0.4, 0.5) is 4.79 Å². The summed E-state index contributed by atoms with van der Waals surface area (Å²) in [5.41, 5.74) is 3.94. The molecule has 1 aliphatic rings. The predicted octanol–water partition coefficient (Wildman–Crippen LogP) is 2.90. The van der Waals surface area contributed by atoms with Crippen LogP contribution >= 0.6 is 0 Å². The summed E-state index contributed by atoms with van der Waals surface area (Å²) < 4.78 is 0. The molecule has 6 nitrogen and oxygen atoms in total. The zero-order valence-corrected chi connectivity index (χ0v) is 16.2. The molecule has 0 spiro atoms. The monoisotopic (exact) mass is 381 g/mol. The number of rotatable bonds is 5. The van der Waals surface area contributed by atoms with Gasteiger partial charge in [0, 0.05) is 13.6 Å². The summed E-state index contributed by atoms with van der Waals surface area (Å²) in [6, 6.07) is 19.6. The molecule has 0 atom stereocenters. The fraction of sp³-hybridized carbons (Fsp3) is 0.364. The molecule has 0 radical (unpaired) electrons. The van der Waals surface area contributed by atoms with Crippen molar-refractivity contribution in [2.75, 3.05) is 20.1 Å². The molecule has 0 aromatic heterocycles. The van der Waals surface area contributed by atoms with Gasteiger partial charge in [0.25, 0.3) is 5.91 Å². The second kappa shape index (κ2) is 9.37. The Morgan fingerprint density at radius 1 is 1.00 bits per heavy atom. The summed E-state index contributed by atoms with van der Waals surface area (Å²) in [7, 11) is 1.64. The maximum Gasteiger partial charge on any atom is 0.434 e. The number of carbonyl (C=O) groups is 2. The van der Waals surface area contributed by atoms with Gasteiger partial charge in [0.2, 0.25) is 0 Å². The van der Waals surface area contributed by atoms with E-state index < -0.39 is 11.5 Å². The molecule has 0 unspecified atom stereocenters. The van der Waals surface area contributed by atoms with Crippen molar-refractivity contribution >= 4 is 12.0 Å². The van der Waals surface area contributed by atoms with Crippen LogP contribution in [0.5, 0.6) is 0 Å². The van der Waals surface area contributed by atoms with E-state index in [1.54, 1.807) is 7.05 Å². The molecule has 2 aromatic rings. The van der Waals surface area contributed by atoms with Gasteiger partial charge < -0.3 is 15.1 Å². The molecule has 148 valence electrons. The van der Waals surface area contributed by atoms with Crippen LogP contribution in [0.3, 0.4) is 0 Å². The van der Waals surface area contributed by atoms with Crippen LogP contribution in [0.15, 0.2) is 60.7 Å². The maximum absolute atomic E-state index is 13.0. The summed E-state index contributed by atoms with van der Waals surface area (Å²) in [6.45, 7) is 1.94. The number of hydrogen-bond donors (Lipinski definition) is 2. The lowest BCUT2D eigenvalue weighted by molar-refractivity contribution is -0.142. The minimum atomic E-state index is -0.582. The van der Waals surface area contributed by atoms with Gasteiger partial charge in [-0.25, -0.2) is 4.79 Å². The molecule has 1 heterocycles. The number of nitrogens with zero attached hydrogens (tertiary/aromatic N) is 1. The van der Waals surface area contributed by atoms with Crippen molar-refractivity contribution in [3.05, 3.63) is 71.8 Å². The second-order valence-corrected chi connectivity index (χ2v) is 7.33. The Morgan fingerprint density at radius 3 is 2.18 bits per heavy atom. The molecule has 28 heavy (non-hydrogen) atoms. The van der Waals surface area contributed by atoms with Crippen LogP contribution < -0.4 is 10.8 Å². The van der Waals surface area contributed by atoms with Crippen LogP contribution in [0.2, 0.25) is 0 Å². The molecule has 2 aromatic carbocycles. The highest BCUT2D eigenvalue weighted by Crippen LogP contribution is 2.33. The standard InChI is InChI=1S/C22H27N3O3/c1-25(17-19-10-6-3-7-11-19)21(27)28-24-20(26)22(12-14-23-15-13-22)16-18-8-4-2-5-9-18/h2-11,23H,12-17H2,1H3,(H,24,26). The van der Waals surface area contributed by atoms with Gasteiger partial charge in [-0.15, -0.1) is 0 Å². The SMILES string of the molecule is CN(Cc1ccccc1)C(=O)ONC(=O)C1(Cc2ccccc2)CCNCC1. The second-order valence-electron chi connectivity index (χ2n) is 7.33. The fourth-order valence-electron chi connectivity index (χ4n) is 3.57. The Kier molecular flexibility index (Phi) is 6.66. The van der Waals surface area contributed by atoms with Crippen molar-refractivity contribution in [1.82, 2.24) is 15.7 Å². The van der Waals surface area contributed by atoms with Crippen molar-refractivity contribution in [2.24, 2.45) is 5.41 Å². The van der Waals surface area contributed by atoms with Gasteiger partial charge in [-0.05, 0) is 43.5 Å². The van der Waals surface area contributed by atoms with Crippen LogP contribution in [0, 0.1) is 5.41 Å². The van der Waals surface area contributed by atoms with Gasteiger partial charge in [-0.1, -0.05) is 60.7 Å². The van der Waals surface area contributed by atoms with E-state index in [0.29, 0.717) is 25.8 Å². The van der Waals surface area contributed by atoms with E-state index in [-0.39, 0.29) is 5.91 Å². The molecule has 0 saturated carbocycles. The third-order valence-electron chi connectivity index (χ3n) is 5.23. The molecule has 1 saturated heterocycles. The summed E-state index contributed by atoms with van der Waals surface area (Å²) in [5, 5.41) is 3.29. The number of benzene rings is 2. The minimum absolute atomic E-state index is 0.237. The number of hydroxylamine groups is 1. The first kappa shape index (κ1) is 19.9. The number of piperidine rings is 1. The fourth-order valence-corrected chi connectivity index (χ4v) is 3.57. The average molecular weight is 381 g/mol. The van der Waals surface area contributed by atoms with E-state index in [2.05, 4.69) is 10.8 Å². The molecular weight excluding hydrogens is 354 g/mol. The van der Waals surface area contributed by atoms with E-state index in [4.69, 9.17) is 4.84 Å². The first-order chi connectivity index (χ1) is 13.6. The normalized spacial score (nSPS) is 15.5. The Morgan fingerprint density at radius 2 is 1.57 bits per heavy atom. The predicted molar refractivity (Wildman–Crippen MR) is 107 cm³/mol. The van der Waals surface area contributed by atoms with Crippen LogP contribution in [0.25, 0.3) is 0 Å². The highest BCUT2D eigenvalue weighted by atomic mass is 16.7. The zero-order chi connectivity index (χ0) is 19.8. The lowest BCUT2D eigenvalue weighted by atomic mass is 9.73. The minimum Gasteiger partial charge on any atom is -0.321 e. The molecule has 0 bridgehead atoms. The van der Waals surface area contributed by atoms with Crippen LogP contribution in [0.1, 0.15) is 24.0 Å². The van der Waals surface area contributed by atoms with Crippen molar-refractivity contribution < 1.29 is 14.4 Å². The summed E-state index contributed by atoms with van der Waals surface area (Å²) in [4.78, 5) is 31.8. The maximum atomic E-state index is 13.0. The summed E-state index contributed by atoms with van der Waals surface area (Å²) >= 11 is 0. The van der Waals surface area contributed by atoms with Crippen molar-refractivity contribution in [2.45, 2.75) is 25.8 Å². The molecule has 6 heteroatoms. The molecular formula is C22H27N3O3. The average Bonchev–Trinajstić information content (AvgIpc) is 2.73. The van der Waals surface area contributed by atoms with Crippen molar-refractivity contribution in [3.63, 3.8) is 0 Å². The Bertz CT molecular complexity index is 774. The number of carbonyl (C=O) groups excluding carboxylic acids is 2. The van der Waals surface area contributed by atoms with Gasteiger partial charge in [0.15, 0.2) is 0 Å². The molecule has 2 amide bonds. The lowest BCUT2D eigenvalue weighted by Crippen LogP contribution is -2.50. The molecule has 1 aliphatic heterocycles. The molecule has 1 fully saturated rings. The molecule has 2 N–H and O–H groups in total. The van der Waals surface area contributed by atoms with E-state index in [0.717, 1.165) is 24.2 Å². The lowest BCUT2D eigenvalue weighted by Gasteiger charge is -2.36. The third-order valence-corrected chi connectivity index (χ3v) is 5.23. The van der Waals surface area contributed by atoms with Gasteiger partial charge in [0.05, 0.1) is 5.41 Å². The number of amides is 2. The quantitative estimate of drug-likeness (QED) is 0.782. The van der Waals surface area contributed by atoms with E-state index in [9.17, 15) is 9.59 Å². The van der Waals surface area contributed by atoms with E-state index in [1.807, 2.05) is 60.7 Å². The molecule has 0 aliphatic carbocycles. The first-order valence-corrected chi connectivity index (χ1v) is 9.60. The van der Waals surface area contributed by atoms with Gasteiger partial charge >= 0.3 is 6.09 Å². The Balaban J connectivity index is 1.59. The topological polar surface area (TPSA) is 70.7 Å². The van der Waals surface area contributed by atoms with Crippen LogP contribution in [-0.4, -0.2) is 37.0 Å². The van der Waals surface area contributed by atoms with Gasteiger partial charge in [0.1, 0.15) is 0 Å². The first-order valence-electron chi connectivity index (χ1n) is 9.60. The van der Waals surface area contributed by atoms with Crippen molar-refractivity contribution in [1.29, 1.82) is 0 Å². The molecule has 3 rings (SSSR count). The van der Waals surface area contributed by atoms with E-state index >= 15 is 0 Å². The summed E-state index contributed by atoms with van der Waals surface area (Å²) in [5.74, 6) is -0.237. The smallest absolute Gasteiger partial charge is 0.321 e. The highest BCUT2D eigenvalue weighted by molar-refractivity contribution is 5.83. The Hall–Kier alpha value is -2.86. The number of nitrogens with one attached hydrogen (secondary N) is 2. The summed E-state index contributed by atoms with van der Waals surface area (Å²) in [6.07, 6.45) is 1.44.